The highest BCUT2D eigenvalue weighted by Crippen LogP contribution is 2.17. The van der Waals surface area contributed by atoms with Crippen molar-refractivity contribution in [2.75, 3.05) is 33.3 Å². The lowest BCUT2D eigenvalue weighted by molar-refractivity contribution is 0.0599. The van der Waals surface area contributed by atoms with Crippen LogP contribution in [0.25, 0.3) is 0 Å². The molecule has 0 spiro atoms. The van der Waals surface area contributed by atoms with Crippen LogP contribution in [0.1, 0.15) is 42.1 Å². The largest absolute Gasteiger partial charge is 0.465 e. The molecule has 1 aliphatic heterocycles. The number of sulfonamides is 1. The van der Waals surface area contributed by atoms with Gasteiger partial charge < -0.3 is 9.64 Å². The quantitative estimate of drug-likeness (QED) is 0.590. The van der Waals surface area contributed by atoms with Crippen LogP contribution >= 0.6 is 0 Å². The molecule has 1 aliphatic rings. The molecule has 6 nitrogen and oxygen atoms in total. The summed E-state index contributed by atoms with van der Waals surface area (Å²) in [6, 6.07) is 4.50. The summed E-state index contributed by atoms with van der Waals surface area (Å²) in [7, 11) is -2.35. The van der Waals surface area contributed by atoms with Crippen molar-refractivity contribution < 1.29 is 17.9 Å². The van der Waals surface area contributed by atoms with Gasteiger partial charge >= 0.3 is 5.97 Å². The van der Waals surface area contributed by atoms with E-state index >= 15 is 0 Å². The van der Waals surface area contributed by atoms with Crippen molar-refractivity contribution >= 4 is 16.0 Å². The molecule has 0 saturated carbocycles. The summed E-state index contributed by atoms with van der Waals surface area (Å²) in [5, 5.41) is 0. The zero-order chi connectivity index (χ0) is 18.4. The molecule has 7 heteroatoms. The third-order valence-electron chi connectivity index (χ3n) is 4.61. The molecule has 0 radical (unpaired) electrons. The van der Waals surface area contributed by atoms with E-state index in [0.29, 0.717) is 12.1 Å². The van der Waals surface area contributed by atoms with E-state index in [1.54, 1.807) is 13.0 Å². The number of aryl methyl sites for hydroxylation is 1. The molecule has 1 aromatic rings. The van der Waals surface area contributed by atoms with Crippen molar-refractivity contribution in [3.8, 4) is 0 Å². The number of ether oxygens (including phenoxy) is 1. The fourth-order valence-corrected chi connectivity index (χ4v) is 4.28. The molecule has 1 N–H and O–H groups in total. The summed E-state index contributed by atoms with van der Waals surface area (Å²) >= 11 is 0. The lowest BCUT2D eigenvalue weighted by Gasteiger charge is -2.30. The van der Waals surface area contributed by atoms with Crippen LogP contribution in [0.4, 0.5) is 0 Å². The maximum atomic E-state index is 12.4. The van der Waals surface area contributed by atoms with Gasteiger partial charge in [0.25, 0.3) is 0 Å². The van der Waals surface area contributed by atoms with Crippen LogP contribution in [-0.2, 0) is 14.8 Å². The van der Waals surface area contributed by atoms with Crippen molar-refractivity contribution in [2.24, 2.45) is 5.92 Å². The van der Waals surface area contributed by atoms with Crippen LogP contribution in [-0.4, -0.2) is 52.6 Å². The Bertz CT molecular complexity index is 703. The monoisotopic (exact) mass is 368 g/mol. The topological polar surface area (TPSA) is 75.7 Å². The SMILES string of the molecule is COC(=O)c1cc(S(=O)(=O)NCCCN2CCC[C@H](C)C2)ccc1C. The number of likely N-dealkylation sites (tertiary alicyclic amines) is 1. The second kappa shape index (κ2) is 8.78. The van der Waals surface area contributed by atoms with Gasteiger partial charge in [-0.2, -0.15) is 0 Å². The first-order chi connectivity index (χ1) is 11.8. The summed E-state index contributed by atoms with van der Waals surface area (Å²) in [6.07, 6.45) is 3.26. The maximum absolute atomic E-state index is 12.4. The molecule has 0 aliphatic carbocycles. The molecule has 0 bridgehead atoms. The number of rotatable bonds is 7. The Kier molecular flexibility index (Phi) is 6.98. The van der Waals surface area contributed by atoms with Crippen molar-refractivity contribution in [3.05, 3.63) is 29.3 Å². The average Bonchev–Trinajstić information content (AvgIpc) is 2.58. The predicted octanol–water partition coefficient (Wildman–Crippen LogP) is 2.18. The number of carbonyl (C=O) groups excluding carboxylic acids is 1. The standard InChI is InChI=1S/C18H28N2O4S/c1-14-6-4-10-20(13-14)11-5-9-19-25(22,23)16-8-7-15(2)17(12-16)18(21)24-3/h7-8,12,14,19H,4-6,9-11,13H2,1-3H3/t14-/m0/s1. The minimum Gasteiger partial charge on any atom is -0.465 e. The van der Waals surface area contributed by atoms with E-state index in [9.17, 15) is 13.2 Å². The lowest BCUT2D eigenvalue weighted by atomic mass is 10.0. The van der Waals surface area contributed by atoms with Crippen molar-refractivity contribution in [2.45, 2.75) is 38.0 Å². The lowest BCUT2D eigenvalue weighted by Crippen LogP contribution is -2.36. The van der Waals surface area contributed by atoms with Gasteiger partial charge in [0.15, 0.2) is 0 Å². The van der Waals surface area contributed by atoms with E-state index < -0.39 is 16.0 Å². The van der Waals surface area contributed by atoms with Gasteiger partial charge in [0.2, 0.25) is 10.0 Å². The molecule has 2 rings (SSSR count). The van der Waals surface area contributed by atoms with Crippen LogP contribution in [0.15, 0.2) is 23.1 Å². The fraction of sp³-hybridized carbons (Fsp3) is 0.611. The number of nitrogens with zero attached hydrogens (tertiary/aromatic N) is 1. The van der Waals surface area contributed by atoms with Gasteiger partial charge in [0.05, 0.1) is 17.6 Å². The smallest absolute Gasteiger partial charge is 0.338 e. The molecule has 0 unspecified atom stereocenters. The maximum Gasteiger partial charge on any atom is 0.338 e. The Labute approximate surface area is 150 Å². The average molecular weight is 368 g/mol. The highest BCUT2D eigenvalue weighted by molar-refractivity contribution is 7.89. The van der Waals surface area contributed by atoms with Crippen molar-refractivity contribution in [3.63, 3.8) is 0 Å². The third-order valence-corrected chi connectivity index (χ3v) is 6.07. The normalized spacial score (nSPS) is 18.9. The summed E-state index contributed by atoms with van der Waals surface area (Å²) in [4.78, 5) is 14.2. The van der Waals surface area contributed by atoms with E-state index in [-0.39, 0.29) is 10.5 Å². The second-order valence-electron chi connectivity index (χ2n) is 6.77. The summed E-state index contributed by atoms with van der Waals surface area (Å²) < 4.78 is 32.2. The summed E-state index contributed by atoms with van der Waals surface area (Å²) in [5.41, 5.74) is 0.956. The molecular formula is C18H28N2O4S. The van der Waals surface area contributed by atoms with E-state index in [2.05, 4.69) is 16.5 Å². The predicted molar refractivity (Wildman–Crippen MR) is 97.2 cm³/mol. The van der Waals surface area contributed by atoms with E-state index in [4.69, 9.17) is 4.74 Å². The number of piperidine rings is 1. The van der Waals surface area contributed by atoms with Gasteiger partial charge in [-0.25, -0.2) is 17.9 Å². The van der Waals surface area contributed by atoms with Crippen LogP contribution in [0, 0.1) is 12.8 Å². The third kappa shape index (κ3) is 5.52. The Balaban J connectivity index is 1.92. The molecule has 1 heterocycles. The van der Waals surface area contributed by atoms with Gasteiger partial charge in [0.1, 0.15) is 0 Å². The molecule has 1 aromatic carbocycles. The van der Waals surface area contributed by atoms with E-state index in [1.807, 2.05) is 0 Å². The number of carbonyl (C=O) groups is 1. The Hall–Kier alpha value is -1.44. The van der Waals surface area contributed by atoms with Crippen molar-refractivity contribution in [1.29, 1.82) is 0 Å². The van der Waals surface area contributed by atoms with E-state index in [1.165, 1.54) is 32.1 Å². The van der Waals surface area contributed by atoms with Gasteiger partial charge in [-0.1, -0.05) is 13.0 Å². The number of methoxy groups -OCH3 is 1. The van der Waals surface area contributed by atoms with Gasteiger partial charge in [-0.05, 0) is 62.9 Å². The minimum absolute atomic E-state index is 0.0881. The molecule has 25 heavy (non-hydrogen) atoms. The Morgan fingerprint density at radius 2 is 2.16 bits per heavy atom. The fourth-order valence-electron chi connectivity index (χ4n) is 3.18. The number of hydrogen-bond acceptors (Lipinski definition) is 5. The molecule has 1 fully saturated rings. The first-order valence-corrected chi connectivity index (χ1v) is 10.2. The minimum atomic E-state index is -3.63. The number of nitrogens with one attached hydrogen (secondary N) is 1. The molecule has 1 atom stereocenters. The van der Waals surface area contributed by atoms with E-state index in [0.717, 1.165) is 32.0 Å². The first-order valence-electron chi connectivity index (χ1n) is 8.74. The van der Waals surface area contributed by atoms with Gasteiger partial charge in [0, 0.05) is 13.1 Å². The van der Waals surface area contributed by atoms with Crippen LogP contribution in [0.2, 0.25) is 0 Å². The molecule has 1 saturated heterocycles. The zero-order valence-corrected chi connectivity index (χ0v) is 16.1. The molecular weight excluding hydrogens is 340 g/mol. The highest BCUT2D eigenvalue weighted by Gasteiger charge is 2.19. The zero-order valence-electron chi connectivity index (χ0n) is 15.2. The Morgan fingerprint density at radius 1 is 1.40 bits per heavy atom. The van der Waals surface area contributed by atoms with Crippen LogP contribution in [0.5, 0.6) is 0 Å². The molecule has 0 aromatic heterocycles. The Morgan fingerprint density at radius 3 is 2.84 bits per heavy atom. The molecule has 0 amide bonds. The highest BCUT2D eigenvalue weighted by atomic mass is 32.2. The summed E-state index contributed by atoms with van der Waals surface area (Å²) in [6.45, 7) is 7.47. The number of benzene rings is 1. The van der Waals surface area contributed by atoms with Crippen LogP contribution in [0.3, 0.4) is 0 Å². The number of esters is 1. The molecule has 140 valence electrons. The summed E-state index contributed by atoms with van der Waals surface area (Å²) in [5.74, 6) is 0.184. The first kappa shape index (κ1) is 19.9. The second-order valence-corrected chi connectivity index (χ2v) is 8.53. The van der Waals surface area contributed by atoms with Gasteiger partial charge in [-0.15, -0.1) is 0 Å². The van der Waals surface area contributed by atoms with Gasteiger partial charge in [-0.3, -0.25) is 0 Å². The van der Waals surface area contributed by atoms with Crippen molar-refractivity contribution in [1.82, 2.24) is 9.62 Å². The van der Waals surface area contributed by atoms with Crippen LogP contribution < -0.4 is 4.72 Å². The number of hydrogen-bond donors (Lipinski definition) is 1.